The minimum Gasteiger partial charge on any atom is -0.345 e. The first-order valence-corrected chi connectivity index (χ1v) is 8.43. The van der Waals surface area contributed by atoms with Gasteiger partial charge in [0.25, 0.3) is 0 Å². The second-order valence-corrected chi connectivity index (χ2v) is 6.38. The molecule has 3 rings (SSSR count). The molecule has 2 aromatic rings. The molecule has 0 bridgehead atoms. The van der Waals surface area contributed by atoms with Crippen molar-refractivity contribution in [2.45, 2.75) is 18.9 Å². The molecule has 2 unspecified atom stereocenters. The first kappa shape index (κ1) is 16.0. The Morgan fingerprint density at radius 3 is 2.43 bits per heavy atom. The number of rotatable bonds is 4. The first-order valence-electron chi connectivity index (χ1n) is 8.05. The summed E-state index contributed by atoms with van der Waals surface area (Å²) in [6.07, 6.45) is 2.00. The third-order valence-electron chi connectivity index (χ3n) is 4.29. The molecule has 2 atom stereocenters. The second-order valence-electron chi connectivity index (χ2n) is 5.95. The van der Waals surface area contributed by atoms with Crippen LogP contribution >= 0.6 is 11.6 Å². The minimum atomic E-state index is -0.150. The smallest absolute Gasteiger partial charge is 0.225 e. The molecule has 1 saturated heterocycles. The number of halogens is 1. The van der Waals surface area contributed by atoms with E-state index in [1.165, 1.54) is 0 Å². The molecule has 0 radical (unpaired) electrons. The van der Waals surface area contributed by atoms with Gasteiger partial charge in [0, 0.05) is 11.6 Å². The van der Waals surface area contributed by atoms with Gasteiger partial charge in [-0.25, -0.2) is 0 Å². The molecule has 2 aromatic carbocycles. The number of hydrogen-bond donors (Lipinski definition) is 2. The van der Waals surface area contributed by atoms with Crippen LogP contribution in [-0.2, 0) is 4.79 Å². The van der Waals surface area contributed by atoms with E-state index < -0.39 is 0 Å². The number of nitrogens with one attached hydrogen (secondary N) is 2. The summed E-state index contributed by atoms with van der Waals surface area (Å²) in [6.45, 7) is 1.76. The summed E-state index contributed by atoms with van der Waals surface area (Å²) < 4.78 is 0. The molecule has 3 nitrogen and oxygen atoms in total. The van der Waals surface area contributed by atoms with Crippen LogP contribution in [0.3, 0.4) is 0 Å². The predicted molar refractivity (Wildman–Crippen MR) is 93.5 cm³/mol. The average Bonchev–Trinajstić information content (AvgIpc) is 2.62. The number of carbonyl (C=O) groups excluding carboxylic acids is 1. The Morgan fingerprint density at radius 2 is 1.78 bits per heavy atom. The van der Waals surface area contributed by atoms with Crippen molar-refractivity contribution in [2.24, 2.45) is 5.92 Å². The van der Waals surface area contributed by atoms with Crippen LogP contribution in [0.25, 0.3) is 0 Å². The van der Waals surface area contributed by atoms with E-state index in [1.807, 2.05) is 54.6 Å². The van der Waals surface area contributed by atoms with E-state index in [2.05, 4.69) is 10.6 Å². The zero-order chi connectivity index (χ0) is 16.1. The van der Waals surface area contributed by atoms with Gasteiger partial charge in [-0.3, -0.25) is 4.79 Å². The second kappa shape index (κ2) is 7.62. The van der Waals surface area contributed by atoms with Gasteiger partial charge in [-0.1, -0.05) is 54.1 Å². The van der Waals surface area contributed by atoms with Crippen molar-refractivity contribution in [1.82, 2.24) is 10.6 Å². The monoisotopic (exact) mass is 328 g/mol. The van der Waals surface area contributed by atoms with Crippen LogP contribution in [0.2, 0.25) is 5.02 Å². The van der Waals surface area contributed by atoms with Gasteiger partial charge in [0.2, 0.25) is 5.91 Å². The maximum absolute atomic E-state index is 12.6. The molecule has 0 aromatic heterocycles. The van der Waals surface area contributed by atoms with Gasteiger partial charge in [0.1, 0.15) is 0 Å². The lowest BCUT2D eigenvalue weighted by molar-refractivity contribution is -0.126. The highest BCUT2D eigenvalue weighted by atomic mass is 35.5. The molecule has 0 spiro atoms. The highest BCUT2D eigenvalue weighted by Gasteiger charge is 2.24. The number of hydrogen-bond acceptors (Lipinski definition) is 2. The molecule has 2 N–H and O–H groups in total. The minimum absolute atomic E-state index is 0.0438. The normalized spacial score (nSPS) is 19.1. The van der Waals surface area contributed by atoms with E-state index in [9.17, 15) is 4.79 Å². The summed E-state index contributed by atoms with van der Waals surface area (Å²) >= 11 is 5.99. The van der Waals surface area contributed by atoms with Crippen molar-refractivity contribution in [3.63, 3.8) is 0 Å². The van der Waals surface area contributed by atoms with Crippen molar-refractivity contribution >= 4 is 17.5 Å². The summed E-state index contributed by atoms with van der Waals surface area (Å²) in [5.41, 5.74) is 2.12. The summed E-state index contributed by atoms with van der Waals surface area (Å²) in [6, 6.07) is 17.6. The van der Waals surface area contributed by atoms with Crippen molar-refractivity contribution < 1.29 is 4.79 Å². The largest absolute Gasteiger partial charge is 0.345 e. The Kier molecular flexibility index (Phi) is 5.31. The molecule has 1 fully saturated rings. The van der Waals surface area contributed by atoms with E-state index >= 15 is 0 Å². The van der Waals surface area contributed by atoms with Crippen molar-refractivity contribution in [2.75, 3.05) is 13.1 Å². The van der Waals surface area contributed by atoms with Gasteiger partial charge in [0.15, 0.2) is 0 Å². The molecular formula is C19H21ClN2O. The molecule has 1 aliphatic heterocycles. The lowest BCUT2D eigenvalue weighted by Gasteiger charge is -2.26. The van der Waals surface area contributed by atoms with Gasteiger partial charge in [0.05, 0.1) is 12.0 Å². The summed E-state index contributed by atoms with van der Waals surface area (Å²) in [4.78, 5) is 12.6. The number of amides is 1. The standard InChI is InChI=1S/C19H21ClN2O/c20-17-10-8-15(9-11-17)18(14-5-2-1-3-6-14)22-19(23)16-7-4-12-21-13-16/h1-3,5-6,8-11,16,18,21H,4,7,12-13H2,(H,22,23). The molecule has 0 saturated carbocycles. The highest BCUT2D eigenvalue weighted by Crippen LogP contribution is 2.24. The molecule has 1 amide bonds. The molecule has 4 heteroatoms. The molecule has 1 aliphatic rings. The quantitative estimate of drug-likeness (QED) is 0.901. The SMILES string of the molecule is O=C(NC(c1ccccc1)c1ccc(Cl)cc1)C1CCCNC1. The molecule has 1 heterocycles. The zero-order valence-corrected chi connectivity index (χ0v) is 13.7. The van der Waals surface area contributed by atoms with E-state index in [0.717, 1.165) is 37.1 Å². The molecular weight excluding hydrogens is 308 g/mol. The lowest BCUT2D eigenvalue weighted by atomic mass is 9.95. The maximum Gasteiger partial charge on any atom is 0.225 e. The van der Waals surface area contributed by atoms with E-state index in [1.54, 1.807) is 0 Å². The van der Waals surface area contributed by atoms with Crippen LogP contribution in [0.1, 0.15) is 30.0 Å². The van der Waals surface area contributed by atoms with Gasteiger partial charge in [-0.15, -0.1) is 0 Å². The van der Waals surface area contributed by atoms with Crippen molar-refractivity contribution in [3.8, 4) is 0 Å². The molecule has 0 aliphatic carbocycles. The number of carbonyl (C=O) groups is 1. The lowest BCUT2D eigenvalue weighted by Crippen LogP contribution is -2.42. The predicted octanol–water partition coefficient (Wildman–Crippen LogP) is 3.55. The summed E-state index contributed by atoms with van der Waals surface area (Å²) in [7, 11) is 0. The van der Waals surface area contributed by atoms with E-state index in [0.29, 0.717) is 5.02 Å². The van der Waals surface area contributed by atoms with Crippen LogP contribution in [-0.4, -0.2) is 19.0 Å². The number of piperidine rings is 1. The van der Waals surface area contributed by atoms with Gasteiger partial charge >= 0.3 is 0 Å². The van der Waals surface area contributed by atoms with E-state index in [-0.39, 0.29) is 17.9 Å². The van der Waals surface area contributed by atoms with Crippen LogP contribution < -0.4 is 10.6 Å². The summed E-state index contributed by atoms with van der Waals surface area (Å²) in [5, 5.41) is 7.21. The fraction of sp³-hybridized carbons (Fsp3) is 0.316. The Morgan fingerprint density at radius 1 is 1.09 bits per heavy atom. The van der Waals surface area contributed by atoms with Gasteiger partial charge in [-0.2, -0.15) is 0 Å². The van der Waals surface area contributed by atoms with Crippen molar-refractivity contribution in [3.05, 3.63) is 70.7 Å². The van der Waals surface area contributed by atoms with Crippen LogP contribution in [0, 0.1) is 5.92 Å². The Balaban J connectivity index is 1.83. The fourth-order valence-electron chi connectivity index (χ4n) is 3.00. The fourth-order valence-corrected chi connectivity index (χ4v) is 3.12. The Hall–Kier alpha value is -1.84. The first-order chi connectivity index (χ1) is 11.2. The highest BCUT2D eigenvalue weighted by molar-refractivity contribution is 6.30. The third-order valence-corrected chi connectivity index (χ3v) is 4.54. The number of benzene rings is 2. The zero-order valence-electron chi connectivity index (χ0n) is 13.0. The van der Waals surface area contributed by atoms with Crippen LogP contribution in [0.5, 0.6) is 0 Å². The molecule has 120 valence electrons. The van der Waals surface area contributed by atoms with E-state index in [4.69, 9.17) is 11.6 Å². The Bertz CT molecular complexity index is 636. The van der Waals surface area contributed by atoms with Crippen molar-refractivity contribution in [1.29, 1.82) is 0 Å². The maximum atomic E-state index is 12.6. The van der Waals surface area contributed by atoms with Gasteiger partial charge in [-0.05, 0) is 42.6 Å². The molecule has 23 heavy (non-hydrogen) atoms. The van der Waals surface area contributed by atoms with Gasteiger partial charge < -0.3 is 10.6 Å². The summed E-state index contributed by atoms with van der Waals surface area (Å²) in [5.74, 6) is 0.156. The average molecular weight is 329 g/mol. The third kappa shape index (κ3) is 4.12. The van der Waals surface area contributed by atoms with Crippen LogP contribution in [0.15, 0.2) is 54.6 Å². The Labute approximate surface area is 142 Å². The topological polar surface area (TPSA) is 41.1 Å². The van der Waals surface area contributed by atoms with Crippen LogP contribution in [0.4, 0.5) is 0 Å².